The molecule has 8 heteroatoms. The highest BCUT2D eigenvalue weighted by Gasteiger charge is 2.39. The van der Waals surface area contributed by atoms with Crippen LogP contribution in [0.1, 0.15) is 73.9 Å². The maximum Gasteiger partial charge on any atom is 0.325 e. The fraction of sp³-hybridized carbons (Fsp3) is 0.586. The number of aromatic nitrogens is 1. The SMILES string of the molecule is CC1(OCc2ccc(F)cc2C(C(=O)O)N2CCC(OCCCCc3ccc4c(n3)NCCC4)C2)CC1. The molecule has 0 radical (unpaired) electrons. The van der Waals surface area contributed by atoms with Gasteiger partial charge in [-0.25, -0.2) is 9.37 Å². The van der Waals surface area contributed by atoms with Crippen molar-refractivity contribution < 1.29 is 23.8 Å². The Bertz CT molecular complexity index is 1110. The fourth-order valence-electron chi connectivity index (χ4n) is 5.30. The number of carbonyl (C=O) groups is 1. The van der Waals surface area contributed by atoms with Crippen LogP contribution in [-0.2, 0) is 33.7 Å². The van der Waals surface area contributed by atoms with Crippen LogP contribution in [0.5, 0.6) is 0 Å². The van der Waals surface area contributed by atoms with Gasteiger partial charge in [-0.3, -0.25) is 9.69 Å². The summed E-state index contributed by atoms with van der Waals surface area (Å²) in [5.41, 5.74) is 3.49. The number of nitrogens with zero attached hydrogens (tertiary/aromatic N) is 2. The van der Waals surface area contributed by atoms with Gasteiger partial charge in [0, 0.05) is 31.9 Å². The van der Waals surface area contributed by atoms with Crippen molar-refractivity contribution in [3.63, 3.8) is 0 Å². The molecule has 3 aliphatic rings. The van der Waals surface area contributed by atoms with E-state index in [1.807, 2.05) is 11.8 Å². The fourth-order valence-corrected chi connectivity index (χ4v) is 5.30. The first-order valence-electron chi connectivity index (χ1n) is 13.6. The normalized spacial score (nSPS) is 21.3. The lowest BCUT2D eigenvalue weighted by Gasteiger charge is -2.27. The van der Waals surface area contributed by atoms with Gasteiger partial charge in [-0.15, -0.1) is 0 Å². The van der Waals surface area contributed by atoms with E-state index in [4.69, 9.17) is 14.5 Å². The molecule has 2 atom stereocenters. The molecule has 3 heterocycles. The molecule has 7 nitrogen and oxygen atoms in total. The summed E-state index contributed by atoms with van der Waals surface area (Å²) in [6.07, 6.45) is 7.83. The van der Waals surface area contributed by atoms with Gasteiger partial charge in [0.05, 0.1) is 18.3 Å². The average molecular weight is 512 g/mol. The number of halogens is 1. The second-order valence-electron chi connectivity index (χ2n) is 10.9. The van der Waals surface area contributed by atoms with Gasteiger partial charge in [-0.2, -0.15) is 0 Å². The van der Waals surface area contributed by atoms with Crippen molar-refractivity contribution in [1.29, 1.82) is 0 Å². The van der Waals surface area contributed by atoms with Gasteiger partial charge in [-0.1, -0.05) is 12.1 Å². The summed E-state index contributed by atoms with van der Waals surface area (Å²) in [6.45, 7) is 5.08. The number of fused-ring (bicyclic) bond motifs is 1. The van der Waals surface area contributed by atoms with E-state index in [2.05, 4.69) is 17.4 Å². The summed E-state index contributed by atoms with van der Waals surface area (Å²) in [6, 6.07) is 7.79. The minimum Gasteiger partial charge on any atom is -0.480 e. The van der Waals surface area contributed by atoms with E-state index in [0.717, 1.165) is 75.0 Å². The molecule has 200 valence electrons. The number of rotatable bonds is 12. The van der Waals surface area contributed by atoms with Crippen molar-refractivity contribution in [2.75, 3.05) is 31.6 Å². The topological polar surface area (TPSA) is 83.9 Å². The monoisotopic (exact) mass is 511 g/mol. The molecule has 0 amide bonds. The molecule has 1 aromatic heterocycles. The number of benzene rings is 1. The van der Waals surface area contributed by atoms with Gasteiger partial charge in [0.15, 0.2) is 0 Å². The van der Waals surface area contributed by atoms with Crippen molar-refractivity contribution in [2.24, 2.45) is 0 Å². The Morgan fingerprint density at radius 1 is 1.30 bits per heavy atom. The van der Waals surface area contributed by atoms with Gasteiger partial charge in [0.2, 0.25) is 0 Å². The second kappa shape index (κ2) is 11.5. The summed E-state index contributed by atoms with van der Waals surface area (Å²) in [5, 5.41) is 13.5. The second-order valence-corrected chi connectivity index (χ2v) is 10.9. The molecule has 0 spiro atoms. The highest BCUT2D eigenvalue weighted by molar-refractivity contribution is 5.76. The number of unbranched alkanes of at least 4 members (excludes halogenated alkanes) is 1. The molecular formula is C29H38FN3O4. The summed E-state index contributed by atoms with van der Waals surface area (Å²) in [7, 11) is 0. The molecule has 37 heavy (non-hydrogen) atoms. The zero-order valence-corrected chi connectivity index (χ0v) is 21.7. The number of carboxylic acids is 1. The van der Waals surface area contributed by atoms with Gasteiger partial charge in [0.1, 0.15) is 17.7 Å². The Hall–Kier alpha value is -2.55. The Balaban J connectivity index is 1.11. The van der Waals surface area contributed by atoms with Crippen LogP contribution in [0.3, 0.4) is 0 Å². The number of carboxylic acid groups (broad SMARTS) is 1. The smallest absolute Gasteiger partial charge is 0.325 e. The molecule has 0 bridgehead atoms. The molecule has 2 fully saturated rings. The van der Waals surface area contributed by atoms with E-state index < -0.39 is 17.8 Å². The molecule has 2 aromatic rings. The number of pyridine rings is 1. The Labute approximate surface area is 218 Å². The quantitative estimate of drug-likeness (QED) is 0.393. The molecule has 1 saturated heterocycles. The minimum absolute atomic E-state index is 0.0217. The minimum atomic E-state index is -0.975. The highest BCUT2D eigenvalue weighted by atomic mass is 19.1. The van der Waals surface area contributed by atoms with Gasteiger partial charge in [-0.05, 0) is 93.2 Å². The van der Waals surface area contributed by atoms with E-state index >= 15 is 0 Å². The van der Waals surface area contributed by atoms with E-state index in [1.54, 1.807) is 6.07 Å². The molecular weight excluding hydrogens is 473 g/mol. The number of ether oxygens (including phenoxy) is 2. The summed E-state index contributed by atoms with van der Waals surface area (Å²) in [4.78, 5) is 19.0. The lowest BCUT2D eigenvalue weighted by molar-refractivity contribution is -0.143. The van der Waals surface area contributed by atoms with Gasteiger partial charge >= 0.3 is 5.97 Å². The molecule has 1 saturated carbocycles. The van der Waals surface area contributed by atoms with Gasteiger partial charge in [0.25, 0.3) is 0 Å². The van der Waals surface area contributed by atoms with Crippen LogP contribution < -0.4 is 5.32 Å². The van der Waals surface area contributed by atoms with Crippen LogP contribution in [0.2, 0.25) is 0 Å². The zero-order chi connectivity index (χ0) is 25.8. The Morgan fingerprint density at radius 2 is 2.16 bits per heavy atom. The Morgan fingerprint density at radius 3 is 2.97 bits per heavy atom. The number of nitrogens with one attached hydrogen (secondary N) is 1. The lowest BCUT2D eigenvalue weighted by Crippen LogP contribution is -2.34. The largest absolute Gasteiger partial charge is 0.480 e. The number of anilines is 1. The molecule has 2 N–H and O–H groups in total. The van der Waals surface area contributed by atoms with Crippen molar-refractivity contribution in [1.82, 2.24) is 9.88 Å². The lowest BCUT2D eigenvalue weighted by atomic mass is 9.99. The number of likely N-dealkylation sites (tertiary alicyclic amines) is 1. The highest BCUT2D eigenvalue weighted by Crippen LogP contribution is 2.40. The number of hydrogen-bond acceptors (Lipinski definition) is 6. The van der Waals surface area contributed by atoms with Crippen LogP contribution in [0.4, 0.5) is 10.2 Å². The third-order valence-corrected chi connectivity index (χ3v) is 7.84. The standard InChI is InChI=1S/C29H38FN3O4/c1-29(12-13-29)37-19-21-7-9-22(30)17-25(21)26(28(34)35)33-15-11-24(18-33)36-16-3-2-6-23-10-8-20-5-4-14-31-27(20)32-23/h7-10,17,24,26H,2-6,11-16,18-19H2,1H3,(H,31,32)(H,34,35). The first-order valence-corrected chi connectivity index (χ1v) is 13.6. The molecule has 1 aromatic carbocycles. The van der Waals surface area contributed by atoms with Crippen molar-refractivity contribution in [3.8, 4) is 0 Å². The first kappa shape index (κ1) is 26.1. The van der Waals surface area contributed by atoms with Crippen LogP contribution in [0, 0.1) is 5.82 Å². The maximum atomic E-state index is 14.2. The van der Waals surface area contributed by atoms with Crippen molar-refractivity contribution in [3.05, 3.63) is 58.5 Å². The summed E-state index contributed by atoms with van der Waals surface area (Å²) >= 11 is 0. The Kier molecular flexibility index (Phi) is 8.07. The summed E-state index contributed by atoms with van der Waals surface area (Å²) < 4.78 is 26.3. The molecule has 5 rings (SSSR count). The predicted molar refractivity (Wildman–Crippen MR) is 139 cm³/mol. The average Bonchev–Trinajstić information content (AvgIpc) is 3.45. The van der Waals surface area contributed by atoms with E-state index in [-0.39, 0.29) is 11.7 Å². The number of aliphatic carboxylic acids is 1. The maximum absolute atomic E-state index is 14.2. The van der Waals surface area contributed by atoms with E-state index in [9.17, 15) is 14.3 Å². The van der Waals surface area contributed by atoms with E-state index in [1.165, 1.54) is 17.7 Å². The third kappa shape index (κ3) is 6.67. The predicted octanol–water partition coefficient (Wildman–Crippen LogP) is 4.89. The van der Waals surface area contributed by atoms with E-state index in [0.29, 0.717) is 31.9 Å². The van der Waals surface area contributed by atoms with Gasteiger partial charge < -0.3 is 19.9 Å². The van der Waals surface area contributed by atoms with Crippen LogP contribution in [-0.4, -0.2) is 58.9 Å². The first-order chi connectivity index (χ1) is 17.9. The molecule has 2 aliphatic heterocycles. The van der Waals surface area contributed by atoms with Crippen LogP contribution in [0.25, 0.3) is 0 Å². The van der Waals surface area contributed by atoms with Crippen LogP contribution >= 0.6 is 0 Å². The van der Waals surface area contributed by atoms with Crippen molar-refractivity contribution >= 4 is 11.8 Å². The van der Waals surface area contributed by atoms with Crippen molar-refractivity contribution in [2.45, 2.75) is 82.6 Å². The zero-order valence-electron chi connectivity index (χ0n) is 21.7. The molecule has 1 aliphatic carbocycles. The third-order valence-electron chi connectivity index (χ3n) is 7.84. The number of hydrogen-bond donors (Lipinski definition) is 2. The molecule has 2 unspecified atom stereocenters. The number of aryl methyl sites for hydroxylation is 2. The summed E-state index contributed by atoms with van der Waals surface area (Å²) in [5.74, 6) is -0.371. The van der Waals surface area contributed by atoms with Crippen LogP contribution in [0.15, 0.2) is 30.3 Å².